The highest BCUT2D eigenvalue weighted by molar-refractivity contribution is 9.10. The van der Waals surface area contributed by atoms with Gasteiger partial charge >= 0.3 is 0 Å². The molecule has 0 saturated heterocycles. The van der Waals surface area contributed by atoms with E-state index in [1.807, 2.05) is 24.3 Å². The molecule has 1 amide bonds. The topological polar surface area (TPSA) is 75.3 Å². The monoisotopic (exact) mass is 424 g/mol. The molecule has 2 aromatic rings. The van der Waals surface area contributed by atoms with Crippen molar-refractivity contribution in [1.82, 2.24) is 4.72 Å². The molecule has 25 heavy (non-hydrogen) atoms. The Morgan fingerprint density at radius 3 is 2.24 bits per heavy atom. The number of sulfonamides is 1. The Balaban J connectivity index is 2.20. The third-order valence-corrected chi connectivity index (χ3v) is 5.51. The Kier molecular flexibility index (Phi) is 6.03. The molecule has 134 valence electrons. The number of rotatable bonds is 5. The molecule has 0 heterocycles. The predicted octanol–water partition coefficient (Wildman–Crippen LogP) is 3.71. The van der Waals surface area contributed by atoms with Gasteiger partial charge in [-0.15, -0.1) is 0 Å². The zero-order valence-corrected chi connectivity index (χ0v) is 16.7. The molecule has 7 heteroatoms. The molecule has 0 radical (unpaired) electrons. The van der Waals surface area contributed by atoms with Crippen molar-refractivity contribution >= 4 is 37.5 Å². The first-order chi connectivity index (χ1) is 11.6. The van der Waals surface area contributed by atoms with Crippen LogP contribution in [0.5, 0.6) is 0 Å². The minimum absolute atomic E-state index is 0.0501. The fraction of sp³-hybridized carbons (Fsp3) is 0.278. The maximum absolute atomic E-state index is 12.6. The number of amides is 1. The molecular weight excluding hydrogens is 404 g/mol. The molecule has 0 bridgehead atoms. The Hall–Kier alpha value is -1.70. The van der Waals surface area contributed by atoms with E-state index in [4.69, 9.17) is 0 Å². The van der Waals surface area contributed by atoms with Crippen LogP contribution in [0.1, 0.15) is 26.3 Å². The van der Waals surface area contributed by atoms with E-state index in [9.17, 15) is 13.2 Å². The van der Waals surface area contributed by atoms with Crippen LogP contribution in [0.25, 0.3) is 0 Å². The second-order valence-corrected chi connectivity index (χ2v) is 9.27. The SMILES string of the molecule is CC(C)(C)NS(=O)(=O)c1ccccc1NC(=O)Cc1ccc(Br)cc1. The Morgan fingerprint density at radius 2 is 1.64 bits per heavy atom. The van der Waals surface area contributed by atoms with Gasteiger partial charge in [-0.05, 0) is 50.6 Å². The summed E-state index contributed by atoms with van der Waals surface area (Å²) in [6.45, 7) is 5.29. The molecule has 0 unspecified atom stereocenters. The Morgan fingerprint density at radius 1 is 1.04 bits per heavy atom. The van der Waals surface area contributed by atoms with Gasteiger partial charge in [0.25, 0.3) is 0 Å². The minimum Gasteiger partial charge on any atom is -0.325 e. The quantitative estimate of drug-likeness (QED) is 0.767. The van der Waals surface area contributed by atoms with Gasteiger partial charge in [0.15, 0.2) is 0 Å². The lowest BCUT2D eigenvalue weighted by Crippen LogP contribution is -2.40. The maximum atomic E-state index is 12.6. The number of anilines is 1. The normalized spacial score (nSPS) is 12.0. The molecule has 0 fully saturated rings. The van der Waals surface area contributed by atoms with Gasteiger partial charge in [-0.1, -0.05) is 40.2 Å². The van der Waals surface area contributed by atoms with Crippen LogP contribution in [0.4, 0.5) is 5.69 Å². The molecule has 0 aliphatic rings. The molecule has 0 aromatic heterocycles. The molecule has 2 N–H and O–H groups in total. The lowest BCUT2D eigenvalue weighted by molar-refractivity contribution is -0.115. The largest absolute Gasteiger partial charge is 0.325 e. The van der Waals surface area contributed by atoms with E-state index in [0.29, 0.717) is 0 Å². The molecule has 5 nitrogen and oxygen atoms in total. The first-order valence-electron chi connectivity index (χ1n) is 7.74. The number of halogens is 1. The van der Waals surface area contributed by atoms with E-state index in [-0.39, 0.29) is 22.9 Å². The van der Waals surface area contributed by atoms with Crippen molar-refractivity contribution in [2.24, 2.45) is 0 Å². The standard InChI is InChI=1S/C18H21BrN2O3S/c1-18(2,3)21-25(23,24)16-7-5-4-6-15(16)20-17(22)12-13-8-10-14(19)11-9-13/h4-11,21H,12H2,1-3H3,(H,20,22). The fourth-order valence-electron chi connectivity index (χ4n) is 2.24. The highest BCUT2D eigenvalue weighted by atomic mass is 79.9. The number of nitrogens with one attached hydrogen (secondary N) is 2. The fourth-order valence-corrected chi connectivity index (χ4v) is 4.09. The molecule has 2 aromatic carbocycles. The van der Waals surface area contributed by atoms with Crippen molar-refractivity contribution in [3.05, 3.63) is 58.6 Å². The number of carbonyl (C=O) groups excluding carboxylic acids is 1. The smallest absolute Gasteiger partial charge is 0.243 e. The molecule has 2 rings (SSSR count). The molecule has 0 spiro atoms. The minimum atomic E-state index is -3.74. The van der Waals surface area contributed by atoms with Gasteiger partial charge in [0, 0.05) is 10.0 Å². The highest BCUT2D eigenvalue weighted by Crippen LogP contribution is 2.22. The number of hydrogen-bond donors (Lipinski definition) is 2. The van der Waals surface area contributed by atoms with E-state index in [1.54, 1.807) is 39.0 Å². The van der Waals surface area contributed by atoms with Crippen molar-refractivity contribution in [3.8, 4) is 0 Å². The number of benzene rings is 2. The van der Waals surface area contributed by atoms with Gasteiger partial charge in [0.1, 0.15) is 4.90 Å². The zero-order chi connectivity index (χ0) is 18.7. The van der Waals surface area contributed by atoms with E-state index >= 15 is 0 Å². The van der Waals surface area contributed by atoms with Crippen molar-refractivity contribution in [3.63, 3.8) is 0 Å². The molecule has 0 saturated carbocycles. The molecular formula is C18H21BrN2O3S. The van der Waals surface area contributed by atoms with Crippen LogP contribution in [0.2, 0.25) is 0 Å². The van der Waals surface area contributed by atoms with Crippen LogP contribution < -0.4 is 10.0 Å². The number of para-hydroxylation sites is 1. The molecule has 0 atom stereocenters. The van der Waals surface area contributed by atoms with E-state index in [1.165, 1.54) is 6.07 Å². The summed E-state index contributed by atoms with van der Waals surface area (Å²) < 4.78 is 28.7. The highest BCUT2D eigenvalue weighted by Gasteiger charge is 2.24. The first kappa shape index (κ1) is 19.6. The van der Waals surface area contributed by atoms with Gasteiger partial charge in [0.2, 0.25) is 15.9 Å². The average Bonchev–Trinajstić information content (AvgIpc) is 2.47. The summed E-state index contributed by atoms with van der Waals surface area (Å²) in [4.78, 5) is 12.3. The summed E-state index contributed by atoms with van der Waals surface area (Å²) in [5.41, 5.74) is 0.489. The van der Waals surface area contributed by atoms with E-state index in [2.05, 4.69) is 26.0 Å². The van der Waals surface area contributed by atoms with Crippen molar-refractivity contribution in [2.75, 3.05) is 5.32 Å². The van der Waals surface area contributed by atoms with Crippen molar-refractivity contribution in [2.45, 2.75) is 37.6 Å². The van der Waals surface area contributed by atoms with E-state index in [0.717, 1.165) is 10.0 Å². The molecule has 0 aliphatic heterocycles. The second-order valence-electron chi connectivity index (χ2n) is 6.70. The van der Waals surface area contributed by atoms with Crippen LogP contribution in [-0.4, -0.2) is 19.9 Å². The summed E-state index contributed by atoms with van der Waals surface area (Å²) in [6.07, 6.45) is 0.161. The van der Waals surface area contributed by atoms with Crippen LogP contribution in [0.3, 0.4) is 0 Å². The molecule has 0 aliphatic carbocycles. The second kappa shape index (κ2) is 7.68. The summed E-state index contributed by atoms with van der Waals surface area (Å²) >= 11 is 3.35. The summed E-state index contributed by atoms with van der Waals surface area (Å²) in [5.74, 6) is -0.277. The lowest BCUT2D eigenvalue weighted by Gasteiger charge is -2.21. The summed E-state index contributed by atoms with van der Waals surface area (Å²) in [6, 6.07) is 13.8. The van der Waals surface area contributed by atoms with Crippen LogP contribution in [-0.2, 0) is 21.2 Å². The van der Waals surface area contributed by atoms with Gasteiger partial charge < -0.3 is 5.32 Å². The number of carbonyl (C=O) groups is 1. The van der Waals surface area contributed by atoms with Gasteiger partial charge in [-0.3, -0.25) is 4.79 Å². The van der Waals surface area contributed by atoms with Crippen LogP contribution >= 0.6 is 15.9 Å². The zero-order valence-electron chi connectivity index (χ0n) is 14.3. The van der Waals surface area contributed by atoms with Crippen molar-refractivity contribution < 1.29 is 13.2 Å². The van der Waals surface area contributed by atoms with Crippen molar-refractivity contribution in [1.29, 1.82) is 0 Å². The van der Waals surface area contributed by atoms with Gasteiger partial charge in [-0.2, -0.15) is 0 Å². The maximum Gasteiger partial charge on any atom is 0.243 e. The Bertz CT molecular complexity index is 857. The predicted molar refractivity (Wildman–Crippen MR) is 103 cm³/mol. The average molecular weight is 425 g/mol. The summed E-state index contributed by atoms with van der Waals surface area (Å²) in [7, 11) is -3.74. The van der Waals surface area contributed by atoms with Crippen LogP contribution in [0.15, 0.2) is 57.9 Å². The Labute approximate surface area is 157 Å². The van der Waals surface area contributed by atoms with E-state index < -0.39 is 15.6 Å². The number of hydrogen-bond acceptors (Lipinski definition) is 3. The first-order valence-corrected chi connectivity index (χ1v) is 10.0. The summed E-state index contributed by atoms with van der Waals surface area (Å²) in [5, 5.41) is 2.70. The van der Waals surface area contributed by atoms with Crippen LogP contribution in [0, 0.1) is 0 Å². The van der Waals surface area contributed by atoms with Gasteiger partial charge in [-0.25, -0.2) is 13.1 Å². The lowest BCUT2D eigenvalue weighted by atomic mass is 10.1. The third kappa shape index (κ3) is 5.95. The third-order valence-electron chi connectivity index (χ3n) is 3.17. The van der Waals surface area contributed by atoms with Gasteiger partial charge in [0.05, 0.1) is 12.1 Å².